The largest absolute Gasteiger partial charge is 0.103 e. The first-order valence-corrected chi connectivity index (χ1v) is 28.7. The average Bonchev–Trinajstić information content (AvgIpc) is 2.64. The van der Waals surface area contributed by atoms with E-state index >= 15 is 0 Å². The monoisotopic (exact) mass is 576 g/mol. The van der Waals surface area contributed by atoms with E-state index in [4.69, 9.17) is 0 Å². The Bertz CT molecular complexity index is 942. The maximum Gasteiger partial charge on any atom is 0.0608 e. The molecule has 2 rings (SSSR count). The SMILES string of the molecule is C=CC/C(=C/[Si]([Si](C)(C)C)([Si](C)(C)C)[Si](C)(C)C)Sc1ccccc1-c1ccccc1Br. The molecule has 0 fully saturated rings. The summed E-state index contributed by atoms with van der Waals surface area (Å²) in [6.45, 7) is 26.5. The molecule has 2 aromatic rings. The molecule has 0 heterocycles. The van der Waals surface area contributed by atoms with Crippen molar-refractivity contribution >= 4 is 57.1 Å². The standard InChI is InChI=1S/C26H41BrSSi4/c1-11-16-22(21-32(29(2,3)4,30(5,6)7)31(8,9)10)28-26-20-15-13-18-24(26)23-17-12-14-19-25(23)27/h11-15,17-21H,1,16H2,2-10H3/b22-21-. The maximum absolute atomic E-state index is 4.14. The highest BCUT2D eigenvalue weighted by Gasteiger charge is 2.60. The fraction of sp³-hybridized carbons (Fsp3) is 0.385. The zero-order chi connectivity index (χ0) is 24.4. The van der Waals surface area contributed by atoms with Crippen LogP contribution in [0.15, 0.2) is 81.2 Å². The Kier molecular flexibility index (Phi) is 9.13. The molecule has 0 amide bonds. The molecule has 0 N–H and O–H groups in total. The molecular formula is C26H41BrSSi4. The summed E-state index contributed by atoms with van der Waals surface area (Å²) in [4.78, 5) is 2.87. The van der Waals surface area contributed by atoms with E-state index in [-0.39, 0.29) is 0 Å². The van der Waals surface area contributed by atoms with Crippen molar-refractivity contribution < 1.29 is 0 Å². The summed E-state index contributed by atoms with van der Waals surface area (Å²) >= 11 is 5.76. The number of thioether (sulfide) groups is 1. The molecule has 0 bridgehead atoms. The summed E-state index contributed by atoms with van der Waals surface area (Å²) in [5.74, 6) is 0. The van der Waals surface area contributed by atoms with Gasteiger partial charge in [-0.1, -0.05) is 135 Å². The lowest BCUT2D eigenvalue weighted by molar-refractivity contribution is 1.36. The van der Waals surface area contributed by atoms with E-state index in [1.54, 1.807) is 0 Å². The van der Waals surface area contributed by atoms with Gasteiger partial charge in [0.2, 0.25) is 0 Å². The van der Waals surface area contributed by atoms with Crippen molar-refractivity contribution in [3.63, 3.8) is 0 Å². The Balaban J connectivity index is 2.72. The number of benzene rings is 2. The molecule has 0 saturated carbocycles. The van der Waals surface area contributed by atoms with Gasteiger partial charge in [0.15, 0.2) is 0 Å². The highest BCUT2D eigenvalue weighted by Crippen LogP contribution is 2.44. The second kappa shape index (κ2) is 10.5. The first-order valence-electron chi connectivity index (χ1n) is 11.5. The van der Waals surface area contributed by atoms with Crippen molar-refractivity contribution in [2.45, 2.75) is 70.2 Å². The molecule has 0 nitrogen and oxygen atoms in total. The molecule has 0 aliphatic rings. The number of hydrogen-bond acceptors (Lipinski definition) is 1. The van der Waals surface area contributed by atoms with Crippen LogP contribution in [0.2, 0.25) is 58.9 Å². The zero-order valence-electron chi connectivity index (χ0n) is 21.5. The predicted octanol–water partition coefficient (Wildman–Crippen LogP) is 9.91. The van der Waals surface area contributed by atoms with Crippen LogP contribution in [-0.4, -0.2) is 29.4 Å². The first-order chi connectivity index (χ1) is 14.7. The average molecular weight is 578 g/mol. The summed E-state index contributed by atoms with van der Waals surface area (Å²) in [6, 6.07) is 17.4. The van der Waals surface area contributed by atoms with Gasteiger partial charge in [-0.2, -0.15) is 0 Å². The van der Waals surface area contributed by atoms with Crippen molar-refractivity contribution in [2.24, 2.45) is 0 Å². The van der Waals surface area contributed by atoms with Gasteiger partial charge in [0.05, 0.1) is 6.63 Å². The third kappa shape index (κ3) is 5.81. The molecule has 0 atom stereocenters. The van der Waals surface area contributed by atoms with E-state index in [9.17, 15) is 0 Å². The van der Waals surface area contributed by atoms with Gasteiger partial charge in [0, 0.05) is 32.1 Å². The van der Waals surface area contributed by atoms with Gasteiger partial charge >= 0.3 is 0 Å². The minimum atomic E-state index is -1.59. The Morgan fingerprint density at radius 1 is 0.781 bits per heavy atom. The molecule has 0 unspecified atom stereocenters. The lowest BCUT2D eigenvalue weighted by atomic mass is 10.1. The van der Waals surface area contributed by atoms with Crippen molar-refractivity contribution in [1.29, 1.82) is 0 Å². The third-order valence-corrected chi connectivity index (χ3v) is 79.6. The van der Waals surface area contributed by atoms with Gasteiger partial charge < -0.3 is 0 Å². The van der Waals surface area contributed by atoms with Crippen LogP contribution in [0.1, 0.15) is 6.42 Å². The molecule has 174 valence electrons. The van der Waals surface area contributed by atoms with Crippen LogP contribution in [0.4, 0.5) is 0 Å². The topological polar surface area (TPSA) is 0 Å². The van der Waals surface area contributed by atoms with Crippen molar-refractivity contribution in [1.82, 2.24) is 0 Å². The highest BCUT2D eigenvalue weighted by atomic mass is 79.9. The quantitative estimate of drug-likeness (QED) is 0.162. The Labute approximate surface area is 213 Å². The second-order valence-corrected chi connectivity index (χ2v) is 54.3. The minimum absolute atomic E-state index is 0.961. The van der Waals surface area contributed by atoms with Gasteiger partial charge in [-0.15, -0.1) is 6.58 Å². The smallest absolute Gasteiger partial charge is 0.0608 e. The molecule has 0 aliphatic carbocycles. The van der Waals surface area contributed by atoms with Crippen molar-refractivity contribution in [3.05, 3.63) is 76.3 Å². The molecule has 0 aromatic heterocycles. The zero-order valence-corrected chi connectivity index (χ0v) is 27.9. The van der Waals surface area contributed by atoms with E-state index in [0.29, 0.717) is 0 Å². The summed E-state index contributed by atoms with van der Waals surface area (Å²) in [5.41, 5.74) is 5.49. The van der Waals surface area contributed by atoms with E-state index in [0.717, 1.165) is 10.9 Å². The van der Waals surface area contributed by atoms with Crippen LogP contribution < -0.4 is 0 Å². The summed E-state index contributed by atoms with van der Waals surface area (Å²) < 4.78 is 1.15. The molecule has 0 aliphatic heterocycles. The van der Waals surface area contributed by atoms with Crippen LogP contribution in [0.3, 0.4) is 0 Å². The van der Waals surface area contributed by atoms with Gasteiger partial charge in [-0.3, -0.25) is 0 Å². The molecule has 32 heavy (non-hydrogen) atoms. The van der Waals surface area contributed by atoms with Crippen LogP contribution in [0.5, 0.6) is 0 Å². The van der Waals surface area contributed by atoms with Crippen molar-refractivity contribution in [2.75, 3.05) is 0 Å². The summed E-state index contributed by atoms with van der Waals surface area (Å²) in [6.07, 6.45) is 3.07. The summed E-state index contributed by atoms with van der Waals surface area (Å²) in [5, 5.41) is 0. The van der Waals surface area contributed by atoms with E-state index < -0.39 is 29.4 Å². The molecule has 0 saturated heterocycles. The third-order valence-electron chi connectivity index (χ3n) is 6.56. The van der Waals surface area contributed by atoms with Gasteiger partial charge in [0.25, 0.3) is 0 Å². The molecule has 0 spiro atoms. The lowest BCUT2D eigenvalue weighted by Crippen LogP contribution is -2.82. The Morgan fingerprint density at radius 3 is 1.72 bits per heavy atom. The number of rotatable bonds is 9. The summed E-state index contributed by atoms with van der Waals surface area (Å²) in [7, 11) is -4.12. The molecular weight excluding hydrogens is 537 g/mol. The highest BCUT2D eigenvalue weighted by molar-refractivity contribution is 9.10. The van der Waals surface area contributed by atoms with Gasteiger partial charge in [-0.25, -0.2) is 0 Å². The molecule has 2 aromatic carbocycles. The van der Waals surface area contributed by atoms with E-state index in [2.05, 4.69) is 142 Å². The lowest BCUT2D eigenvalue weighted by Gasteiger charge is -2.56. The number of allylic oxidation sites excluding steroid dienone is 2. The van der Waals surface area contributed by atoms with Crippen molar-refractivity contribution in [3.8, 4) is 11.1 Å². The molecule has 0 radical (unpaired) electrons. The maximum atomic E-state index is 4.14. The van der Waals surface area contributed by atoms with E-state index in [1.165, 1.54) is 20.9 Å². The first kappa shape index (κ1) is 27.9. The fourth-order valence-corrected chi connectivity index (χ4v) is 104. The van der Waals surface area contributed by atoms with Gasteiger partial charge in [-0.05, 0) is 34.6 Å². The predicted molar refractivity (Wildman–Crippen MR) is 164 cm³/mol. The van der Waals surface area contributed by atoms with Crippen LogP contribution in [-0.2, 0) is 0 Å². The fourth-order valence-electron chi connectivity index (χ4n) is 6.14. The second-order valence-electron chi connectivity index (χ2n) is 11.7. The Morgan fingerprint density at radius 2 is 1.25 bits per heavy atom. The number of halogens is 1. The Hall–Kier alpha value is -0.382. The van der Waals surface area contributed by atoms with E-state index in [1.807, 2.05) is 11.8 Å². The molecule has 6 heteroatoms. The minimum Gasteiger partial charge on any atom is -0.103 e. The van der Waals surface area contributed by atoms with Crippen LogP contribution in [0.25, 0.3) is 11.1 Å². The van der Waals surface area contributed by atoms with Crippen LogP contribution >= 0.6 is 27.7 Å². The normalized spacial score (nSPS) is 13.9. The number of hydrogen-bond donors (Lipinski definition) is 0. The van der Waals surface area contributed by atoms with Crippen LogP contribution in [0, 0.1) is 0 Å². The van der Waals surface area contributed by atoms with Gasteiger partial charge in [0.1, 0.15) is 0 Å².